The summed E-state index contributed by atoms with van der Waals surface area (Å²) >= 11 is 0. The summed E-state index contributed by atoms with van der Waals surface area (Å²) in [6.07, 6.45) is 3.68. The van der Waals surface area contributed by atoms with Crippen LogP contribution in [0.15, 0.2) is 42.0 Å². The highest BCUT2D eigenvalue weighted by Gasteiger charge is 2.19. The topological polar surface area (TPSA) is 33.2 Å². The van der Waals surface area contributed by atoms with Crippen LogP contribution < -0.4 is 0 Å². The van der Waals surface area contributed by atoms with Crippen molar-refractivity contribution in [3.63, 3.8) is 0 Å². The molecule has 1 aromatic carbocycles. The number of nitrogens with zero attached hydrogens (tertiary/aromatic N) is 2. The number of carbonyl (C=O) groups excluding carboxylic acids is 1. The largest absolute Gasteiger partial charge is 0.342 e. The molecule has 0 aliphatic carbocycles. The molecular weight excluding hydrogens is 322 g/mol. The molecule has 0 unspecified atom stereocenters. The quantitative estimate of drug-likeness (QED) is 0.847. The maximum Gasteiger partial charge on any atom is 0.227 e. The van der Waals surface area contributed by atoms with E-state index in [0.29, 0.717) is 18.7 Å². The van der Waals surface area contributed by atoms with Gasteiger partial charge in [0.05, 0.1) is 12.1 Å². The summed E-state index contributed by atoms with van der Waals surface area (Å²) in [6, 6.07) is 9.13. The maximum atomic E-state index is 13.2. The van der Waals surface area contributed by atoms with Gasteiger partial charge in [-0.2, -0.15) is 0 Å². The summed E-state index contributed by atoms with van der Waals surface area (Å²) in [5.41, 5.74) is 3.54. The molecule has 1 amide bonds. The molecule has 5 heteroatoms. The van der Waals surface area contributed by atoms with Gasteiger partial charge < -0.3 is 4.90 Å². The van der Waals surface area contributed by atoms with E-state index < -0.39 is 11.6 Å². The highest BCUT2D eigenvalue weighted by molar-refractivity contribution is 5.79. The predicted molar refractivity (Wildman–Crippen MR) is 92.8 cm³/mol. The van der Waals surface area contributed by atoms with Crippen molar-refractivity contribution in [3.05, 3.63) is 70.6 Å². The summed E-state index contributed by atoms with van der Waals surface area (Å²) in [4.78, 5) is 18.6. The molecular formula is C20H20F2N2O. The van der Waals surface area contributed by atoms with Crippen LogP contribution in [-0.2, 0) is 11.2 Å². The number of amides is 1. The molecule has 1 aliphatic heterocycles. The third-order valence-corrected chi connectivity index (χ3v) is 4.30. The second-order valence-electron chi connectivity index (χ2n) is 6.34. The number of rotatable bonds is 3. The fourth-order valence-corrected chi connectivity index (χ4v) is 3.04. The number of benzene rings is 1. The molecule has 130 valence electrons. The zero-order chi connectivity index (χ0) is 17.8. The minimum absolute atomic E-state index is 0.0210. The Kier molecular flexibility index (Phi) is 5.22. The average molecular weight is 342 g/mol. The normalized spacial score (nSPS) is 14.5. The van der Waals surface area contributed by atoms with Gasteiger partial charge in [0, 0.05) is 24.8 Å². The number of hydrogen-bond acceptors (Lipinski definition) is 2. The Labute approximate surface area is 146 Å². The Morgan fingerprint density at radius 3 is 2.48 bits per heavy atom. The Hall–Kier alpha value is -2.56. The highest BCUT2D eigenvalue weighted by atomic mass is 19.1. The van der Waals surface area contributed by atoms with E-state index in [1.54, 1.807) is 4.90 Å². The molecule has 1 saturated heterocycles. The van der Waals surface area contributed by atoms with Crippen molar-refractivity contribution in [1.82, 2.24) is 9.88 Å². The first-order valence-corrected chi connectivity index (χ1v) is 8.35. The van der Waals surface area contributed by atoms with E-state index in [-0.39, 0.29) is 12.3 Å². The first-order chi connectivity index (χ1) is 12.0. The number of likely N-dealkylation sites (tertiary alicyclic amines) is 1. The van der Waals surface area contributed by atoms with Crippen molar-refractivity contribution >= 4 is 12.0 Å². The number of aryl methyl sites for hydroxylation is 1. The number of piperidine rings is 1. The molecule has 1 fully saturated rings. The van der Waals surface area contributed by atoms with Crippen LogP contribution in [-0.4, -0.2) is 28.9 Å². The molecule has 0 saturated carbocycles. The first kappa shape index (κ1) is 17.3. The van der Waals surface area contributed by atoms with Gasteiger partial charge in [-0.3, -0.25) is 9.78 Å². The van der Waals surface area contributed by atoms with E-state index in [9.17, 15) is 13.6 Å². The molecule has 0 radical (unpaired) electrons. The van der Waals surface area contributed by atoms with Crippen molar-refractivity contribution in [2.24, 2.45) is 0 Å². The first-order valence-electron chi connectivity index (χ1n) is 8.35. The monoisotopic (exact) mass is 342 g/mol. The highest BCUT2D eigenvalue weighted by Crippen LogP contribution is 2.20. The second kappa shape index (κ2) is 7.55. The van der Waals surface area contributed by atoms with E-state index >= 15 is 0 Å². The zero-order valence-corrected chi connectivity index (χ0v) is 14.1. The lowest BCUT2D eigenvalue weighted by atomic mass is 10.0. The molecule has 0 bridgehead atoms. The molecule has 2 heterocycles. The molecule has 1 aromatic heterocycles. The van der Waals surface area contributed by atoms with Crippen molar-refractivity contribution in [1.29, 1.82) is 0 Å². The smallest absolute Gasteiger partial charge is 0.227 e. The lowest BCUT2D eigenvalue weighted by Crippen LogP contribution is -2.37. The molecule has 0 spiro atoms. The average Bonchev–Trinajstić information content (AvgIpc) is 2.54. The summed E-state index contributed by atoms with van der Waals surface area (Å²) in [6.45, 7) is 3.20. The lowest BCUT2D eigenvalue weighted by molar-refractivity contribution is -0.130. The van der Waals surface area contributed by atoms with E-state index in [4.69, 9.17) is 0 Å². The van der Waals surface area contributed by atoms with Crippen LogP contribution in [0.3, 0.4) is 0 Å². The Morgan fingerprint density at radius 2 is 1.84 bits per heavy atom. The Bertz CT molecular complexity index is 787. The molecule has 25 heavy (non-hydrogen) atoms. The number of hydrogen-bond donors (Lipinski definition) is 0. The van der Waals surface area contributed by atoms with Crippen molar-refractivity contribution < 1.29 is 13.6 Å². The lowest BCUT2D eigenvalue weighted by Gasteiger charge is -2.28. The third-order valence-electron chi connectivity index (χ3n) is 4.30. The van der Waals surface area contributed by atoms with E-state index in [1.807, 2.05) is 25.1 Å². The van der Waals surface area contributed by atoms with Gasteiger partial charge in [0.25, 0.3) is 0 Å². The molecule has 0 atom stereocenters. The zero-order valence-electron chi connectivity index (χ0n) is 14.1. The minimum atomic E-state index is -0.655. The number of aromatic nitrogens is 1. The van der Waals surface area contributed by atoms with Gasteiger partial charge in [0.15, 0.2) is 0 Å². The van der Waals surface area contributed by atoms with E-state index in [1.165, 1.54) is 17.7 Å². The van der Waals surface area contributed by atoms with Gasteiger partial charge in [-0.05, 0) is 55.7 Å². The molecule has 3 nitrogen and oxygen atoms in total. The van der Waals surface area contributed by atoms with Gasteiger partial charge >= 0.3 is 0 Å². The SMILES string of the molecule is Cc1cccc(C=C2CCN(C(=O)Cc3cc(F)cc(F)c3)CC2)n1. The molecule has 3 rings (SSSR count). The van der Waals surface area contributed by atoms with Crippen LogP contribution in [0.25, 0.3) is 6.08 Å². The summed E-state index contributed by atoms with van der Waals surface area (Å²) in [5, 5.41) is 0. The van der Waals surface area contributed by atoms with Crippen LogP contribution in [0.1, 0.15) is 29.8 Å². The molecule has 0 N–H and O–H groups in total. The van der Waals surface area contributed by atoms with Crippen LogP contribution in [0.2, 0.25) is 0 Å². The van der Waals surface area contributed by atoms with Gasteiger partial charge in [-0.15, -0.1) is 0 Å². The standard InChI is InChI=1S/C20H20F2N2O/c1-14-3-2-4-19(23-14)11-15-5-7-24(8-6-15)20(25)12-16-9-17(21)13-18(22)10-16/h2-4,9-11,13H,5-8,12H2,1H3. The van der Waals surface area contributed by atoms with E-state index in [2.05, 4.69) is 11.1 Å². The van der Waals surface area contributed by atoms with Crippen LogP contribution in [0.5, 0.6) is 0 Å². The maximum absolute atomic E-state index is 13.2. The van der Waals surface area contributed by atoms with Gasteiger partial charge in [-0.25, -0.2) is 8.78 Å². The van der Waals surface area contributed by atoms with Gasteiger partial charge in [0.1, 0.15) is 11.6 Å². The fraction of sp³-hybridized carbons (Fsp3) is 0.300. The van der Waals surface area contributed by atoms with Gasteiger partial charge in [-0.1, -0.05) is 11.6 Å². The van der Waals surface area contributed by atoms with Crippen LogP contribution in [0, 0.1) is 18.6 Å². The summed E-state index contributed by atoms with van der Waals surface area (Å²) in [7, 11) is 0. The summed E-state index contributed by atoms with van der Waals surface area (Å²) < 4.78 is 26.5. The van der Waals surface area contributed by atoms with Gasteiger partial charge in [0.2, 0.25) is 5.91 Å². The predicted octanol–water partition coefficient (Wildman–Crippen LogP) is 3.92. The van der Waals surface area contributed by atoms with E-state index in [0.717, 1.165) is 30.3 Å². The van der Waals surface area contributed by atoms with Crippen LogP contribution in [0.4, 0.5) is 8.78 Å². The second-order valence-corrected chi connectivity index (χ2v) is 6.34. The summed E-state index contributed by atoms with van der Waals surface area (Å²) in [5.74, 6) is -1.41. The number of pyridine rings is 1. The fourth-order valence-electron chi connectivity index (χ4n) is 3.04. The Morgan fingerprint density at radius 1 is 1.16 bits per heavy atom. The van der Waals surface area contributed by atoms with Crippen molar-refractivity contribution in [2.75, 3.05) is 13.1 Å². The third kappa shape index (κ3) is 4.72. The van der Waals surface area contributed by atoms with Crippen molar-refractivity contribution in [2.45, 2.75) is 26.2 Å². The number of halogens is 2. The van der Waals surface area contributed by atoms with Crippen LogP contribution >= 0.6 is 0 Å². The molecule has 1 aliphatic rings. The van der Waals surface area contributed by atoms with Crippen molar-refractivity contribution in [3.8, 4) is 0 Å². The molecule has 2 aromatic rings. The minimum Gasteiger partial charge on any atom is -0.342 e. The number of carbonyl (C=O) groups is 1. The Balaban J connectivity index is 1.59.